The maximum absolute atomic E-state index is 12.1. The Bertz CT molecular complexity index is 857. The molecular formula is C17H14Cl2N2O6. The number of halogens is 2. The van der Waals surface area contributed by atoms with Gasteiger partial charge in [0.1, 0.15) is 11.8 Å². The summed E-state index contributed by atoms with van der Waals surface area (Å²) in [5.41, 5.74) is 0.430. The lowest BCUT2D eigenvalue weighted by Gasteiger charge is -2.17. The van der Waals surface area contributed by atoms with Crippen LogP contribution in [-0.4, -0.2) is 30.1 Å². The number of nitro benzene ring substituents is 1. The number of carbonyl (C=O) groups excluding carboxylic acids is 2. The lowest BCUT2D eigenvalue weighted by atomic mass is 10.1. The Kier molecular flexibility index (Phi) is 6.98. The minimum atomic E-state index is -1.06. The summed E-state index contributed by atoms with van der Waals surface area (Å²) in [4.78, 5) is 34.1. The fraction of sp³-hybridized carbons (Fsp3) is 0.176. The van der Waals surface area contributed by atoms with Gasteiger partial charge in [-0.2, -0.15) is 0 Å². The van der Waals surface area contributed by atoms with Crippen LogP contribution in [0.4, 0.5) is 10.5 Å². The van der Waals surface area contributed by atoms with Gasteiger partial charge in [0.05, 0.1) is 12.0 Å². The number of benzene rings is 2. The number of carbonyl (C=O) groups is 2. The first kappa shape index (κ1) is 20.5. The van der Waals surface area contributed by atoms with Gasteiger partial charge in [0.2, 0.25) is 0 Å². The first-order valence-corrected chi connectivity index (χ1v) is 8.30. The highest BCUT2D eigenvalue weighted by Gasteiger charge is 2.24. The average molecular weight is 413 g/mol. The van der Waals surface area contributed by atoms with E-state index in [1.165, 1.54) is 37.4 Å². The van der Waals surface area contributed by atoms with E-state index in [0.29, 0.717) is 15.6 Å². The van der Waals surface area contributed by atoms with E-state index in [9.17, 15) is 19.7 Å². The van der Waals surface area contributed by atoms with Crippen molar-refractivity contribution in [2.75, 3.05) is 7.11 Å². The fourth-order valence-electron chi connectivity index (χ4n) is 2.16. The highest BCUT2D eigenvalue weighted by atomic mass is 35.5. The molecule has 0 fully saturated rings. The van der Waals surface area contributed by atoms with Crippen LogP contribution >= 0.6 is 23.2 Å². The van der Waals surface area contributed by atoms with Crippen LogP contribution in [0.2, 0.25) is 10.0 Å². The predicted octanol–water partition coefficient (Wildman–Crippen LogP) is 3.77. The van der Waals surface area contributed by atoms with Crippen LogP contribution in [0, 0.1) is 10.1 Å². The van der Waals surface area contributed by atoms with Crippen molar-refractivity contribution in [3.63, 3.8) is 0 Å². The molecule has 10 heteroatoms. The Morgan fingerprint density at radius 3 is 2.41 bits per heavy atom. The van der Waals surface area contributed by atoms with Gasteiger partial charge in [0, 0.05) is 28.6 Å². The molecule has 2 aromatic carbocycles. The van der Waals surface area contributed by atoms with E-state index in [1.807, 2.05) is 0 Å². The van der Waals surface area contributed by atoms with Gasteiger partial charge >= 0.3 is 12.1 Å². The van der Waals surface area contributed by atoms with E-state index in [4.69, 9.17) is 27.9 Å². The van der Waals surface area contributed by atoms with Gasteiger partial charge < -0.3 is 14.8 Å². The number of esters is 1. The molecule has 0 saturated carbocycles. The number of hydrogen-bond donors (Lipinski definition) is 1. The monoisotopic (exact) mass is 412 g/mol. The van der Waals surface area contributed by atoms with Gasteiger partial charge in [-0.05, 0) is 29.8 Å². The Morgan fingerprint density at radius 1 is 1.19 bits per heavy atom. The highest BCUT2D eigenvalue weighted by molar-refractivity contribution is 6.35. The van der Waals surface area contributed by atoms with Crippen LogP contribution < -0.4 is 10.1 Å². The van der Waals surface area contributed by atoms with Crippen molar-refractivity contribution in [1.82, 2.24) is 5.32 Å². The first-order valence-electron chi connectivity index (χ1n) is 7.54. The summed E-state index contributed by atoms with van der Waals surface area (Å²) in [7, 11) is 1.18. The predicted molar refractivity (Wildman–Crippen MR) is 98.2 cm³/mol. The molecule has 0 aromatic heterocycles. The van der Waals surface area contributed by atoms with Crippen molar-refractivity contribution in [2.45, 2.75) is 12.5 Å². The van der Waals surface area contributed by atoms with Gasteiger partial charge in [-0.1, -0.05) is 29.3 Å². The third-order valence-corrected chi connectivity index (χ3v) is 4.06. The summed E-state index contributed by atoms with van der Waals surface area (Å²) in [6.45, 7) is 0. The molecule has 0 aliphatic carbocycles. The minimum Gasteiger partial charge on any atom is -0.467 e. The molecule has 0 aliphatic rings. The lowest BCUT2D eigenvalue weighted by Crippen LogP contribution is -2.44. The highest BCUT2D eigenvalue weighted by Crippen LogP contribution is 2.22. The number of nitrogens with zero attached hydrogens (tertiary/aromatic N) is 1. The third kappa shape index (κ3) is 5.83. The molecule has 8 nitrogen and oxygen atoms in total. The lowest BCUT2D eigenvalue weighted by molar-refractivity contribution is -0.384. The SMILES string of the molecule is COC(=O)[C@@H](Cc1ccc(Cl)cc1Cl)NC(=O)Oc1ccc([N+](=O)[O-])cc1. The molecule has 0 heterocycles. The van der Waals surface area contributed by atoms with Crippen molar-refractivity contribution < 1.29 is 24.0 Å². The van der Waals surface area contributed by atoms with Crippen LogP contribution in [0.25, 0.3) is 0 Å². The number of hydrogen-bond acceptors (Lipinski definition) is 6. The fourth-order valence-corrected chi connectivity index (χ4v) is 2.64. The van der Waals surface area contributed by atoms with E-state index < -0.39 is 23.0 Å². The Labute approximate surface area is 164 Å². The van der Waals surface area contributed by atoms with Gasteiger partial charge in [-0.25, -0.2) is 9.59 Å². The second-order valence-corrected chi connectivity index (χ2v) is 6.14. The van der Waals surface area contributed by atoms with Gasteiger partial charge in [0.15, 0.2) is 0 Å². The van der Waals surface area contributed by atoms with E-state index in [-0.39, 0.29) is 17.9 Å². The number of methoxy groups -OCH3 is 1. The first-order chi connectivity index (χ1) is 12.8. The summed E-state index contributed by atoms with van der Waals surface area (Å²) in [5.74, 6) is -0.618. The molecule has 27 heavy (non-hydrogen) atoms. The maximum Gasteiger partial charge on any atom is 0.413 e. The molecule has 1 amide bonds. The van der Waals surface area contributed by atoms with Gasteiger partial charge in [0.25, 0.3) is 5.69 Å². The second kappa shape index (κ2) is 9.20. The molecular weight excluding hydrogens is 399 g/mol. The summed E-state index contributed by atoms with van der Waals surface area (Å²) in [5, 5.41) is 13.8. The number of nitro groups is 1. The van der Waals surface area contributed by atoms with Crippen LogP contribution in [0.15, 0.2) is 42.5 Å². The topological polar surface area (TPSA) is 108 Å². The maximum atomic E-state index is 12.1. The van der Waals surface area contributed by atoms with Crippen molar-refractivity contribution in [2.24, 2.45) is 0 Å². The minimum absolute atomic E-state index is 0.0536. The molecule has 0 radical (unpaired) electrons. The molecule has 0 aliphatic heterocycles. The van der Waals surface area contributed by atoms with E-state index >= 15 is 0 Å². The van der Waals surface area contributed by atoms with Crippen LogP contribution in [-0.2, 0) is 16.0 Å². The summed E-state index contributed by atoms with van der Waals surface area (Å²) < 4.78 is 9.71. The molecule has 0 unspecified atom stereocenters. The number of rotatable bonds is 6. The largest absolute Gasteiger partial charge is 0.467 e. The van der Waals surface area contributed by atoms with E-state index in [0.717, 1.165) is 0 Å². The van der Waals surface area contributed by atoms with Gasteiger partial charge in [-0.3, -0.25) is 10.1 Å². The molecule has 0 bridgehead atoms. The molecule has 0 saturated heterocycles. The number of nitrogens with one attached hydrogen (secondary N) is 1. The Balaban J connectivity index is 2.07. The molecule has 142 valence electrons. The molecule has 1 N–H and O–H groups in total. The van der Waals surface area contributed by atoms with E-state index in [1.54, 1.807) is 12.1 Å². The summed E-state index contributed by atoms with van der Waals surface area (Å²) >= 11 is 11.9. The van der Waals surface area contributed by atoms with E-state index in [2.05, 4.69) is 10.1 Å². The zero-order valence-corrected chi connectivity index (χ0v) is 15.5. The molecule has 1 atom stereocenters. The quantitative estimate of drug-likeness (QED) is 0.439. The zero-order valence-electron chi connectivity index (χ0n) is 14.0. The van der Waals surface area contributed by atoms with Gasteiger partial charge in [-0.15, -0.1) is 0 Å². The summed E-state index contributed by atoms with van der Waals surface area (Å²) in [6.07, 6.45) is -0.873. The average Bonchev–Trinajstić information content (AvgIpc) is 2.63. The molecule has 0 spiro atoms. The third-order valence-electron chi connectivity index (χ3n) is 3.48. The van der Waals surface area contributed by atoms with Crippen LogP contribution in [0.5, 0.6) is 5.75 Å². The van der Waals surface area contributed by atoms with Crippen molar-refractivity contribution in [3.05, 3.63) is 68.2 Å². The zero-order chi connectivity index (χ0) is 20.0. The van der Waals surface area contributed by atoms with Crippen molar-refractivity contribution in [1.29, 1.82) is 0 Å². The van der Waals surface area contributed by atoms with Crippen molar-refractivity contribution in [3.8, 4) is 5.75 Å². The Morgan fingerprint density at radius 2 is 1.85 bits per heavy atom. The van der Waals surface area contributed by atoms with Crippen molar-refractivity contribution >= 4 is 41.0 Å². The number of ether oxygens (including phenoxy) is 2. The molecule has 2 aromatic rings. The standard InChI is InChI=1S/C17H14Cl2N2O6/c1-26-16(22)15(8-10-2-3-11(18)9-14(10)19)20-17(23)27-13-6-4-12(5-7-13)21(24)25/h2-7,9,15H,8H2,1H3,(H,20,23)/t15-/m1/s1. The Hall–Kier alpha value is -2.84. The summed E-state index contributed by atoms with van der Waals surface area (Å²) in [6, 6.07) is 8.60. The molecule has 2 rings (SSSR count). The number of amides is 1. The van der Waals surface area contributed by atoms with Crippen LogP contribution in [0.3, 0.4) is 0 Å². The second-order valence-electron chi connectivity index (χ2n) is 5.30. The number of non-ortho nitro benzene ring substituents is 1. The normalized spacial score (nSPS) is 11.4. The van der Waals surface area contributed by atoms with Crippen LogP contribution in [0.1, 0.15) is 5.56 Å². The smallest absolute Gasteiger partial charge is 0.413 e.